The molecule has 0 spiro atoms. The molecule has 0 saturated carbocycles. The molecule has 2 N–H and O–H groups in total. The average molecular weight is 322 g/mol. The van der Waals surface area contributed by atoms with Crippen LogP contribution in [-0.4, -0.2) is 40.6 Å². The van der Waals surface area contributed by atoms with Crippen molar-refractivity contribution in [1.82, 2.24) is 9.88 Å². The van der Waals surface area contributed by atoms with Crippen LogP contribution in [0, 0.1) is 0 Å². The maximum absolute atomic E-state index is 11.6. The van der Waals surface area contributed by atoms with Crippen molar-refractivity contribution in [3.63, 3.8) is 0 Å². The summed E-state index contributed by atoms with van der Waals surface area (Å²) in [6, 6.07) is -0.294. The van der Waals surface area contributed by atoms with Gasteiger partial charge in [-0.05, 0) is 22.4 Å². The van der Waals surface area contributed by atoms with Crippen LogP contribution in [0.1, 0.15) is 12.8 Å². The molecule has 0 aromatic carbocycles. The molecule has 0 fully saturated rings. The van der Waals surface area contributed by atoms with E-state index in [2.05, 4.69) is 26.2 Å². The Kier molecular flexibility index (Phi) is 5.36. The first-order valence-electron chi connectivity index (χ1n) is 4.84. The van der Waals surface area contributed by atoms with Crippen molar-refractivity contribution in [2.24, 2.45) is 0 Å². The zero-order valence-corrected chi connectivity index (χ0v) is 11.5. The van der Waals surface area contributed by atoms with Gasteiger partial charge in [-0.3, -0.25) is 10.1 Å². The largest absolute Gasteiger partial charge is 0.481 e. The normalized spacial score (nSPS) is 10.0. The quantitative estimate of drug-likeness (QED) is 0.871. The van der Waals surface area contributed by atoms with Crippen LogP contribution in [0.5, 0.6) is 0 Å². The minimum absolute atomic E-state index is 0.0560. The van der Waals surface area contributed by atoms with Crippen LogP contribution in [-0.2, 0) is 4.79 Å². The highest BCUT2D eigenvalue weighted by Gasteiger charge is 2.11. The van der Waals surface area contributed by atoms with Gasteiger partial charge < -0.3 is 10.0 Å². The highest BCUT2D eigenvalue weighted by molar-refractivity contribution is 9.11. The van der Waals surface area contributed by atoms with Crippen molar-refractivity contribution in [3.05, 3.63) is 9.98 Å². The summed E-state index contributed by atoms with van der Waals surface area (Å²) in [6.45, 7) is 0.394. The molecule has 1 heterocycles. The Morgan fingerprint density at radius 1 is 1.65 bits per heavy atom. The van der Waals surface area contributed by atoms with E-state index in [0.717, 1.165) is 3.79 Å². The van der Waals surface area contributed by atoms with Gasteiger partial charge in [0, 0.05) is 20.0 Å². The molecule has 0 atom stereocenters. The summed E-state index contributed by atoms with van der Waals surface area (Å²) in [5.41, 5.74) is 0. The fourth-order valence-corrected chi connectivity index (χ4v) is 2.16. The van der Waals surface area contributed by atoms with Gasteiger partial charge in [-0.1, -0.05) is 11.3 Å². The molecular weight excluding hydrogens is 310 g/mol. The highest BCUT2D eigenvalue weighted by atomic mass is 79.9. The van der Waals surface area contributed by atoms with Crippen molar-refractivity contribution < 1.29 is 14.7 Å². The van der Waals surface area contributed by atoms with Crippen LogP contribution < -0.4 is 5.32 Å². The smallest absolute Gasteiger partial charge is 0.323 e. The number of carbonyl (C=O) groups is 2. The summed E-state index contributed by atoms with van der Waals surface area (Å²) in [5.74, 6) is -0.859. The molecule has 1 aromatic rings. The second-order valence-corrected chi connectivity index (χ2v) is 5.73. The van der Waals surface area contributed by atoms with Crippen molar-refractivity contribution in [2.45, 2.75) is 12.8 Å². The summed E-state index contributed by atoms with van der Waals surface area (Å²) < 4.78 is 0.835. The Morgan fingerprint density at radius 3 is 2.88 bits per heavy atom. The lowest BCUT2D eigenvalue weighted by molar-refractivity contribution is -0.137. The molecule has 1 aromatic heterocycles. The van der Waals surface area contributed by atoms with Gasteiger partial charge in [-0.15, -0.1) is 0 Å². The maximum Gasteiger partial charge on any atom is 0.323 e. The van der Waals surface area contributed by atoms with Crippen LogP contribution >= 0.6 is 27.3 Å². The first kappa shape index (κ1) is 13.9. The lowest BCUT2D eigenvalue weighted by Gasteiger charge is -2.16. The van der Waals surface area contributed by atoms with Gasteiger partial charge >= 0.3 is 12.0 Å². The molecule has 94 valence electrons. The van der Waals surface area contributed by atoms with Gasteiger partial charge in [0.1, 0.15) is 0 Å². The molecule has 0 aliphatic heterocycles. The van der Waals surface area contributed by atoms with Gasteiger partial charge in [0.2, 0.25) is 0 Å². The monoisotopic (exact) mass is 321 g/mol. The van der Waals surface area contributed by atoms with Crippen LogP contribution in [0.2, 0.25) is 0 Å². The number of carbonyl (C=O) groups excluding carboxylic acids is 1. The third-order valence-electron chi connectivity index (χ3n) is 1.92. The van der Waals surface area contributed by atoms with Gasteiger partial charge in [0.25, 0.3) is 0 Å². The number of nitrogens with zero attached hydrogens (tertiary/aromatic N) is 2. The number of carboxylic acid groups (broad SMARTS) is 1. The number of rotatable bonds is 5. The lowest BCUT2D eigenvalue weighted by Crippen LogP contribution is -2.32. The Labute approximate surface area is 111 Å². The predicted molar refractivity (Wildman–Crippen MR) is 68.3 cm³/mol. The number of urea groups is 1. The fourth-order valence-electron chi connectivity index (χ4n) is 1.07. The Morgan fingerprint density at radius 2 is 2.35 bits per heavy atom. The van der Waals surface area contributed by atoms with Gasteiger partial charge in [0.15, 0.2) is 5.13 Å². The lowest BCUT2D eigenvalue weighted by atomic mass is 10.3. The number of aliphatic carboxylic acids is 1. The topological polar surface area (TPSA) is 82.5 Å². The second-order valence-electron chi connectivity index (χ2n) is 3.32. The number of nitrogens with one attached hydrogen (secondary N) is 1. The molecule has 2 amide bonds. The van der Waals surface area contributed by atoms with Gasteiger partial charge in [-0.2, -0.15) is 0 Å². The van der Waals surface area contributed by atoms with Crippen LogP contribution in [0.3, 0.4) is 0 Å². The molecule has 0 aliphatic carbocycles. The maximum atomic E-state index is 11.6. The molecule has 6 nitrogen and oxygen atoms in total. The summed E-state index contributed by atoms with van der Waals surface area (Å²) >= 11 is 4.56. The Hall–Kier alpha value is -1.15. The van der Waals surface area contributed by atoms with E-state index >= 15 is 0 Å². The number of anilines is 1. The summed E-state index contributed by atoms with van der Waals surface area (Å²) in [4.78, 5) is 27.3. The van der Waals surface area contributed by atoms with Crippen molar-refractivity contribution in [1.29, 1.82) is 0 Å². The number of aromatic nitrogens is 1. The van der Waals surface area contributed by atoms with E-state index in [4.69, 9.17) is 5.11 Å². The molecule has 8 heteroatoms. The first-order valence-corrected chi connectivity index (χ1v) is 6.45. The third-order valence-corrected chi connectivity index (χ3v) is 3.31. The molecule has 0 unspecified atom stereocenters. The highest BCUT2D eigenvalue weighted by Crippen LogP contribution is 2.23. The molecular formula is C9H12BrN3O3S. The SMILES string of the molecule is CN(CCCC(=O)O)C(=O)Nc1ncc(Br)s1. The van der Waals surface area contributed by atoms with Crippen LogP contribution in [0.25, 0.3) is 0 Å². The fraction of sp³-hybridized carbons (Fsp3) is 0.444. The van der Waals surface area contributed by atoms with E-state index < -0.39 is 5.97 Å². The van der Waals surface area contributed by atoms with E-state index in [1.807, 2.05) is 0 Å². The number of hydrogen-bond acceptors (Lipinski definition) is 4. The van der Waals surface area contributed by atoms with Crippen LogP contribution in [0.15, 0.2) is 9.98 Å². The molecule has 0 bridgehead atoms. The number of hydrogen-bond donors (Lipinski definition) is 2. The number of thiazole rings is 1. The summed E-state index contributed by atoms with van der Waals surface area (Å²) in [7, 11) is 1.61. The van der Waals surface area contributed by atoms with E-state index in [-0.39, 0.29) is 12.5 Å². The minimum atomic E-state index is -0.859. The van der Waals surface area contributed by atoms with E-state index in [1.165, 1.54) is 16.2 Å². The zero-order chi connectivity index (χ0) is 12.8. The van der Waals surface area contributed by atoms with Gasteiger partial charge in [0.05, 0.1) is 9.98 Å². The summed E-state index contributed by atoms with van der Waals surface area (Å²) in [5, 5.41) is 11.6. The molecule has 0 aliphatic rings. The van der Waals surface area contributed by atoms with E-state index in [0.29, 0.717) is 18.1 Å². The van der Waals surface area contributed by atoms with E-state index in [1.54, 1.807) is 13.2 Å². The molecule has 17 heavy (non-hydrogen) atoms. The Balaban J connectivity index is 2.34. The summed E-state index contributed by atoms with van der Waals surface area (Å²) in [6.07, 6.45) is 2.09. The van der Waals surface area contributed by atoms with Crippen molar-refractivity contribution in [2.75, 3.05) is 18.9 Å². The number of halogens is 1. The predicted octanol–water partition coefficient (Wildman–Crippen LogP) is 2.23. The zero-order valence-electron chi connectivity index (χ0n) is 9.14. The standard InChI is InChI=1S/C9H12BrN3O3S/c1-13(4-2-3-7(14)15)9(16)12-8-11-5-6(10)17-8/h5H,2-4H2,1H3,(H,14,15)(H,11,12,16). The number of amides is 2. The minimum Gasteiger partial charge on any atom is -0.481 e. The molecule has 1 rings (SSSR count). The number of carboxylic acids is 1. The second kappa shape index (κ2) is 6.55. The molecule has 0 saturated heterocycles. The average Bonchev–Trinajstić information content (AvgIpc) is 2.63. The molecule has 0 radical (unpaired) electrons. The van der Waals surface area contributed by atoms with E-state index in [9.17, 15) is 9.59 Å². The van der Waals surface area contributed by atoms with Gasteiger partial charge in [-0.25, -0.2) is 9.78 Å². The third kappa shape index (κ3) is 5.14. The Bertz CT molecular complexity index is 410. The van der Waals surface area contributed by atoms with Crippen molar-refractivity contribution in [3.8, 4) is 0 Å². The van der Waals surface area contributed by atoms with Crippen LogP contribution in [0.4, 0.5) is 9.93 Å². The van der Waals surface area contributed by atoms with Crippen molar-refractivity contribution >= 4 is 44.4 Å². The first-order chi connectivity index (χ1) is 7.99.